The Kier molecular flexibility index (Phi) is 5.05. The number of hydrogen-bond acceptors (Lipinski definition) is 3. The van der Waals surface area contributed by atoms with Gasteiger partial charge in [-0.05, 0) is 67.4 Å². The average Bonchev–Trinajstić information content (AvgIpc) is 3.11. The molecule has 3 N–H and O–H groups in total. The molecule has 1 aliphatic heterocycles. The zero-order valence-corrected chi connectivity index (χ0v) is 21.7. The van der Waals surface area contributed by atoms with Gasteiger partial charge in [0.15, 0.2) is 0 Å². The maximum atomic E-state index is 13.6. The van der Waals surface area contributed by atoms with E-state index in [-0.39, 0.29) is 18.1 Å². The second-order valence-corrected chi connectivity index (χ2v) is 13.0. The number of urea groups is 1. The Morgan fingerprint density at radius 3 is 2.40 bits per heavy atom. The summed E-state index contributed by atoms with van der Waals surface area (Å²) in [5, 5.41) is 8.95. The van der Waals surface area contributed by atoms with Gasteiger partial charge in [0, 0.05) is 17.6 Å². The van der Waals surface area contributed by atoms with Crippen LogP contribution in [0.3, 0.4) is 0 Å². The third-order valence-corrected chi connectivity index (χ3v) is 9.44. The average molecular weight is 516 g/mol. The van der Waals surface area contributed by atoms with Crippen LogP contribution in [-0.4, -0.2) is 38.7 Å². The van der Waals surface area contributed by atoms with Crippen LogP contribution in [0.5, 0.6) is 0 Å². The zero-order chi connectivity index (χ0) is 24.8. The molecule has 1 aromatic carbocycles. The molecule has 4 atom stereocenters. The van der Waals surface area contributed by atoms with Crippen LogP contribution in [0, 0.1) is 16.7 Å². The number of fused-ring (bicyclic) bond motifs is 1. The SMILES string of the molecule is C[C@]12C[C@H]3CC(NC(=O)N4CCn5nc(-c6ccc(Cl)c(Cl)c6)c(C(N)=O)c5C4)(C1)C[C@@](C)(C3)C2. The minimum absolute atomic E-state index is 0.0573. The van der Waals surface area contributed by atoms with E-state index < -0.39 is 5.91 Å². The quantitative estimate of drug-likeness (QED) is 0.585. The fourth-order valence-corrected chi connectivity index (χ4v) is 8.79. The zero-order valence-electron chi connectivity index (χ0n) is 20.2. The van der Waals surface area contributed by atoms with E-state index in [1.807, 2.05) is 0 Å². The van der Waals surface area contributed by atoms with E-state index in [9.17, 15) is 9.59 Å². The van der Waals surface area contributed by atoms with Crippen LogP contribution in [0.25, 0.3) is 11.3 Å². The van der Waals surface area contributed by atoms with E-state index in [1.54, 1.807) is 27.8 Å². The Morgan fingerprint density at radius 1 is 1.06 bits per heavy atom. The van der Waals surface area contributed by atoms with Gasteiger partial charge >= 0.3 is 6.03 Å². The number of amides is 3. The Balaban J connectivity index is 1.27. The van der Waals surface area contributed by atoms with E-state index in [1.165, 1.54) is 19.3 Å². The van der Waals surface area contributed by atoms with Crippen molar-refractivity contribution in [1.29, 1.82) is 0 Å². The molecule has 9 heteroatoms. The van der Waals surface area contributed by atoms with Crippen LogP contribution >= 0.6 is 23.2 Å². The van der Waals surface area contributed by atoms with E-state index >= 15 is 0 Å². The first-order chi connectivity index (χ1) is 16.5. The molecule has 4 aliphatic carbocycles. The predicted octanol–water partition coefficient (Wildman–Crippen LogP) is 5.23. The van der Waals surface area contributed by atoms with Crippen molar-refractivity contribution in [1.82, 2.24) is 20.0 Å². The lowest BCUT2D eigenvalue weighted by Gasteiger charge is -2.65. The number of carbonyl (C=O) groups excluding carboxylic acids is 2. The Labute approximate surface area is 215 Å². The number of halogens is 2. The molecule has 2 heterocycles. The van der Waals surface area contributed by atoms with Crippen LogP contribution in [0.4, 0.5) is 4.79 Å². The lowest BCUT2D eigenvalue weighted by molar-refractivity contribution is -0.114. The van der Waals surface area contributed by atoms with Gasteiger partial charge in [-0.3, -0.25) is 9.48 Å². The summed E-state index contributed by atoms with van der Waals surface area (Å²) in [4.78, 5) is 27.9. The summed E-state index contributed by atoms with van der Waals surface area (Å²) in [6.45, 7) is 6.11. The van der Waals surface area contributed by atoms with Gasteiger partial charge in [-0.2, -0.15) is 5.10 Å². The van der Waals surface area contributed by atoms with Crippen molar-refractivity contribution < 1.29 is 9.59 Å². The summed E-state index contributed by atoms with van der Waals surface area (Å²) in [6.07, 6.45) is 7.00. The molecule has 4 saturated carbocycles. The van der Waals surface area contributed by atoms with Gasteiger partial charge in [-0.25, -0.2) is 4.79 Å². The summed E-state index contributed by atoms with van der Waals surface area (Å²) in [5.41, 5.74) is 8.43. The Bertz CT molecular complexity index is 1240. The van der Waals surface area contributed by atoms with E-state index in [0.717, 1.165) is 19.3 Å². The first kappa shape index (κ1) is 23.2. The molecule has 0 radical (unpaired) electrons. The number of nitrogens with zero attached hydrogens (tertiary/aromatic N) is 3. The summed E-state index contributed by atoms with van der Waals surface area (Å²) in [6, 6.07) is 5.07. The summed E-state index contributed by atoms with van der Waals surface area (Å²) in [7, 11) is 0. The van der Waals surface area contributed by atoms with E-state index in [0.29, 0.717) is 62.4 Å². The molecule has 7 nitrogen and oxygen atoms in total. The second kappa shape index (κ2) is 7.62. The van der Waals surface area contributed by atoms with Gasteiger partial charge in [-0.15, -0.1) is 0 Å². The third-order valence-electron chi connectivity index (χ3n) is 8.71. The number of aromatic nitrogens is 2. The normalized spacial score (nSPS) is 33.0. The number of benzene rings is 1. The number of hydrogen-bond donors (Lipinski definition) is 2. The Hall–Kier alpha value is -2.25. The maximum Gasteiger partial charge on any atom is 0.318 e. The van der Waals surface area contributed by atoms with Crippen molar-refractivity contribution in [3.63, 3.8) is 0 Å². The van der Waals surface area contributed by atoms with Crippen LogP contribution < -0.4 is 11.1 Å². The van der Waals surface area contributed by atoms with Crippen LogP contribution in [0.15, 0.2) is 18.2 Å². The largest absolute Gasteiger partial charge is 0.365 e. The van der Waals surface area contributed by atoms with Gasteiger partial charge in [0.1, 0.15) is 5.69 Å². The minimum Gasteiger partial charge on any atom is -0.365 e. The molecule has 4 bridgehead atoms. The fourth-order valence-electron chi connectivity index (χ4n) is 8.49. The van der Waals surface area contributed by atoms with Gasteiger partial charge in [0.2, 0.25) is 0 Å². The minimum atomic E-state index is -0.573. The summed E-state index contributed by atoms with van der Waals surface area (Å²) in [5.74, 6) is 0.121. The number of primary amides is 1. The molecule has 35 heavy (non-hydrogen) atoms. The van der Waals surface area contributed by atoms with Crippen molar-refractivity contribution >= 4 is 35.1 Å². The smallest absolute Gasteiger partial charge is 0.318 e. The van der Waals surface area contributed by atoms with Crippen LogP contribution in [0.2, 0.25) is 10.0 Å². The van der Waals surface area contributed by atoms with Crippen molar-refractivity contribution in [2.45, 2.75) is 71.0 Å². The molecular weight excluding hydrogens is 485 g/mol. The highest BCUT2D eigenvalue weighted by atomic mass is 35.5. The van der Waals surface area contributed by atoms with Crippen molar-refractivity contribution in [2.75, 3.05) is 6.54 Å². The molecule has 3 amide bonds. The first-order valence-electron chi connectivity index (χ1n) is 12.4. The van der Waals surface area contributed by atoms with Gasteiger partial charge in [-0.1, -0.05) is 43.1 Å². The van der Waals surface area contributed by atoms with Crippen molar-refractivity contribution in [2.24, 2.45) is 22.5 Å². The number of nitrogens with two attached hydrogens (primary N) is 1. The van der Waals surface area contributed by atoms with Crippen molar-refractivity contribution in [3.05, 3.63) is 39.5 Å². The fraction of sp³-hybridized carbons (Fsp3) is 0.577. The molecular formula is C26H31Cl2N5O2. The summed E-state index contributed by atoms with van der Waals surface area (Å²) >= 11 is 12.3. The van der Waals surface area contributed by atoms with Gasteiger partial charge in [0.25, 0.3) is 5.91 Å². The molecule has 7 rings (SSSR count). The molecule has 1 aromatic heterocycles. The molecule has 4 fully saturated rings. The van der Waals surface area contributed by atoms with E-state index in [4.69, 9.17) is 28.9 Å². The first-order valence-corrected chi connectivity index (χ1v) is 13.1. The highest BCUT2D eigenvalue weighted by Crippen LogP contribution is 2.66. The lowest BCUT2D eigenvalue weighted by atomic mass is 9.43. The van der Waals surface area contributed by atoms with Crippen LogP contribution in [-0.2, 0) is 13.1 Å². The molecule has 0 spiro atoms. The van der Waals surface area contributed by atoms with Gasteiger partial charge < -0.3 is 16.0 Å². The molecule has 0 saturated heterocycles. The van der Waals surface area contributed by atoms with Gasteiger partial charge in [0.05, 0.1) is 34.4 Å². The predicted molar refractivity (Wildman–Crippen MR) is 135 cm³/mol. The molecule has 2 aromatic rings. The number of nitrogens with one attached hydrogen (secondary N) is 1. The molecule has 186 valence electrons. The summed E-state index contributed by atoms with van der Waals surface area (Å²) < 4.78 is 1.79. The highest BCUT2D eigenvalue weighted by Gasteiger charge is 2.60. The third kappa shape index (κ3) is 3.82. The monoisotopic (exact) mass is 515 g/mol. The molecule has 5 aliphatic rings. The van der Waals surface area contributed by atoms with E-state index in [2.05, 4.69) is 24.3 Å². The second-order valence-electron chi connectivity index (χ2n) is 12.1. The highest BCUT2D eigenvalue weighted by molar-refractivity contribution is 6.42. The number of rotatable bonds is 3. The Morgan fingerprint density at radius 2 is 1.77 bits per heavy atom. The maximum absolute atomic E-state index is 13.6. The van der Waals surface area contributed by atoms with Crippen molar-refractivity contribution in [3.8, 4) is 11.3 Å². The topological polar surface area (TPSA) is 93.2 Å². The number of carbonyl (C=O) groups is 2. The van der Waals surface area contributed by atoms with Crippen LogP contribution in [0.1, 0.15) is 68.4 Å². The lowest BCUT2D eigenvalue weighted by Crippen LogP contribution is -2.66. The molecule has 1 unspecified atom stereocenters. The standard InChI is InChI=1S/C26H31Cl2N5O2/c1-24-8-15-9-25(2,12-24)14-26(10-15,13-24)30-23(35)32-5-6-33-19(11-32)20(22(29)34)21(31-33)16-3-4-17(27)18(28)7-16/h3-4,7,15H,5-6,8-14H2,1-2H3,(H2,29,34)(H,30,35)/t15-,24-,25+,26?.